The smallest absolute Gasteiger partial charge is 0.260 e. The van der Waals surface area contributed by atoms with Crippen molar-refractivity contribution in [1.29, 1.82) is 0 Å². The Balaban J connectivity index is 1.59. The van der Waals surface area contributed by atoms with Crippen molar-refractivity contribution in [3.05, 3.63) is 16.6 Å². The van der Waals surface area contributed by atoms with Crippen LogP contribution < -0.4 is 20.4 Å². The van der Waals surface area contributed by atoms with Crippen LogP contribution >= 0.6 is 15.9 Å². The largest absolute Gasteiger partial charge is 0.483 e. The maximum atomic E-state index is 11.8. The standard InChI is InChI=1S/C18H24BrN5O2/c1-17(2,3)23-9-18(4,10-23)20-12-6-13-14(5-11(12)19)26-8-15-21-22-16(25)7-24(13)15/h5-6,20H,7-10H2,1-4H3,(H,22,25). The third kappa shape index (κ3) is 3.05. The molecule has 140 valence electrons. The Bertz CT molecular complexity index is 796. The highest BCUT2D eigenvalue weighted by molar-refractivity contribution is 9.10. The first-order chi connectivity index (χ1) is 12.1. The van der Waals surface area contributed by atoms with Crippen LogP contribution in [0, 0.1) is 0 Å². The highest BCUT2D eigenvalue weighted by atomic mass is 79.9. The molecule has 8 heteroatoms. The highest BCUT2D eigenvalue weighted by Gasteiger charge is 2.43. The number of hydrogen-bond acceptors (Lipinski definition) is 6. The predicted octanol–water partition coefficient (Wildman–Crippen LogP) is 2.38. The number of amides is 1. The van der Waals surface area contributed by atoms with Crippen LogP contribution in [0.5, 0.6) is 5.75 Å². The molecule has 1 aromatic rings. The predicted molar refractivity (Wildman–Crippen MR) is 106 cm³/mol. The summed E-state index contributed by atoms with van der Waals surface area (Å²) in [7, 11) is 0. The molecule has 0 bridgehead atoms. The molecule has 0 aromatic heterocycles. The zero-order valence-electron chi connectivity index (χ0n) is 15.5. The van der Waals surface area contributed by atoms with Crippen LogP contribution in [0.4, 0.5) is 11.4 Å². The molecule has 1 fully saturated rings. The normalized spacial score (nSPS) is 21.7. The fourth-order valence-electron chi connectivity index (χ4n) is 3.57. The van der Waals surface area contributed by atoms with Crippen LogP contribution in [0.1, 0.15) is 27.7 Å². The van der Waals surface area contributed by atoms with Crippen molar-refractivity contribution in [1.82, 2.24) is 10.3 Å². The van der Waals surface area contributed by atoms with Gasteiger partial charge in [-0.05, 0) is 55.8 Å². The average Bonchev–Trinajstić information content (AvgIpc) is 2.52. The Kier molecular flexibility index (Phi) is 3.96. The maximum absolute atomic E-state index is 11.8. The van der Waals surface area contributed by atoms with Gasteiger partial charge in [0, 0.05) is 23.1 Å². The molecule has 0 unspecified atom stereocenters. The summed E-state index contributed by atoms with van der Waals surface area (Å²) < 4.78 is 6.76. The van der Waals surface area contributed by atoms with E-state index in [2.05, 4.69) is 64.4 Å². The second kappa shape index (κ2) is 5.85. The summed E-state index contributed by atoms with van der Waals surface area (Å²) in [6.45, 7) is 11.5. The molecule has 1 aromatic carbocycles. The quantitative estimate of drug-likeness (QED) is 0.766. The van der Waals surface area contributed by atoms with Crippen molar-refractivity contribution in [2.75, 3.05) is 36.5 Å². The number of likely N-dealkylation sites (tertiary alicyclic amines) is 1. The van der Waals surface area contributed by atoms with Crippen molar-refractivity contribution < 1.29 is 9.53 Å². The first-order valence-corrected chi connectivity index (χ1v) is 9.56. The number of hydrogen-bond donors (Lipinski definition) is 2. The number of benzene rings is 1. The molecule has 0 radical (unpaired) electrons. The van der Waals surface area contributed by atoms with E-state index in [1.54, 1.807) is 0 Å². The lowest BCUT2D eigenvalue weighted by molar-refractivity contribution is -0.119. The van der Waals surface area contributed by atoms with Crippen molar-refractivity contribution >= 4 is 39.0 Å². The van der Waals surface area contributed by atoms with Crippen molar-refractivity contribution in [3.8, 4) is 5.75 Å². The molecule has 0 spiro atoms. The van der Waals surface area contributed by atoms with E-state index in [4.69, 9.17) is 4.74 Å². The summed E-state index contributed by atoms with van der Waals surface area (Å²) in [4.78, 5) is 16.1. The summed E-state index contributed by atoms with van der Waals surface area (Å²) in [6, 6.07) is 4.00. The molecule has 0 atom stereocenters. The number of carbonyl (C=O) groups excluding carboxylic acids is 1. The zero-order chi connectivity index (χ0) is 18.7. The molecule has 3 aliphatic rings. The molecule has 3 aliphatic heterocycles. The first kappa shape index (κ1) is 17.6. The van der Waals surface area contributed by atoms with Gasteiger partial charge in [-0.15, -0.1) is 0 Å². The lowest BCUT2D eigenvalue weighted by Crippen LogP contribution is -2.68. The lowest BCUT2D eigenvalue weighted by atomic mass is 9.86. The van der Waals surface area contributed by atoms with E-state index in [9.17, 15) is 4.79 Å². The van der Waals surface area contributed by atoms with Crippen molar-refractivity contribution in [2.24, 2.45) is 5.10 Å². The third-order valence-electron chi connectivity index (χ3n) is 5.08. The van der Waals surface area contributed by atoms with E-state index in [-0.39, 0.29) is 23.5 Å². The van der Waals surface area contributed by atoms with Gasteiger partial charge >= 0.3 is 0 Å². The van der Waals surface area contributed by atoms with Crippen LogP contribution in [0.15, 0.2) is 21.7 Å². The zero-order valence-corrected chi connectivity index (χ0v) is 17.1. The fraction of sp³-hybridized carbons (Fsp3) is 0.556. The average molecular weight is 422 g/mol. The fourth-order valence-corrected chi connectivity index (χ4v) is 4.00. The number of carbonyl (C=O) groups is 1. The topological polar surface area (TPSA) is 69.2 Å². The van der Waals surface area contributed by atoms with Gasteiger partial charge < -0.3 is 15.0 Å². The van der Waals surface area contributed by atoms with Crippen LogP contribution in [-0.2, 0) is 4.79 Å². The lowest BCUT2D eigenvalue weighted by Gasteiger charge is -2.55. The van der Waals surface area contributed by atoms with Crippen LogP contribution in [0.25, 0.3) is 0 Å². The van der Waals surface area contributed by atoms with E-state index < -0.39 is 0 Å². The molecule has 0 aliphatic carbocycles. The van der Waals surface area contributed by atoms with Gasteiger partial charge in [-0.25, -0.2) is 5.43 Å². The summed E-state index contributed by atoms with van der Waals surface area (Å²) in [5, 5.41) is 7.77. The van der Waals surface area contributed by atoms with Gasteiger partial charge in [0.25, 0.3) is 5.91 Å². The van der Waals surface area contributed by atoms with Crippen LogP contribution in [0.3, 0.4) is 0 Å². The number of hydrazone groups is 1. The highest BCUT2D eigenvalue weighted by Crippen LogP contribution is 2.42. The van der Waals surface area contributed by atoms with Gasteiger partial charge in [-0.2, -0.15) is 5.10 Å². The van der Waals surface area contributed by atoms with Crippen molar-refractivity contribution in [2.45, 2.75) is 38.8 Å². The summed E-state index contributed by atoms with van der Waals surface area (Å²) in [5.74, 6) is 1.36. The Morgan fingerprint density at radius 3 is 2.77 bits per heavy atom. The number of fused-ring (bicyclic) bond motifs is 3. The van der Waals surface area contributed by atoms with Gasteiger partial charge in [0.1, 0.15) is 18.9 Å². The summed E-state index contributed by atoms with van der Waals surface area (Å²) in [6.07, 6.45) is 0. The van der Waals surface area contributed by atoms with Gasteiger partial charge in [0.15, 0.2) is 5.84 Å². The Hall–Kier alpha value is -1.80. The summed E-state index contributed by atoms with van der Waals surface area (Å²) in [5.41, 5.74) is 4.56. The van der Waals surface area contributed by atoms with Gasteiger partial charge in [0.05, 0.1) is 16.9 Å². The molecule has 1 saturated heterocycles. The Labute approximate surface area is 161 Å². The SMILES string of the molecule is CC1(Nc2cc3c(cc2Br)OCC2=NNC(=O)CN23)CN(C(C)(C)C)C1. The number of amidine groups is 1. The molecule has 4 rings (SSSR count). The van der Waals surface area contributed by atoms with Gasteiger partial charge in [-0.3, -0.25) is 9.69 Å². The molecule has 7 nitrogen and oxygen atoms in total. The second-order valence-electron chi connectivity index (χ2n) is 8.45. The molecular formula is C18H24BrN5O2. The van der Waals surface area contributed by atoms with E-state index >= 15 is 0 Å². The van der Waals surface area contributed by atoms with E-state index in [0.717, 1.165) is 40.5 Å². The second-order valence-corrected chi connectivity index (χ2v) is 9.30. The summed E-state index contributed by atoms with van der Waals surface area (Å²) >= 11 is 3.65. The minimum absolute atomic E-state index is 0.00968. The number of ether oxygens (including phenoxy) is 1. The molecule has 26 heavy (non-hydrogen) atoms. The number of nitrogens with zero attached hydrogens (tertiary/aromatic N) is 3. The first-order valence-electron chi connectivity index (χ1n) is 8.77. The van der Waals surface area contributed by atoms with Gasteiger partial charge in [-0.1, -0.05) is 0 Å². The van der Waals surface area contributed by atoms with Crippen LogP contribution in [-0.4, -0.2) is 54.0 Å². The molecule has 0 saturated carbocycles. The molecule has 1 amide bonds. The number of rotatable bonds is 2. The van der Waals surface area contributed by atoms with Crippen LogP contribution in [0.2, 0.25) is 0 Å². The number of nitrogens with one attached hydrogen (secondary N) is 2. The van der Waals surface area contributed by atoms with E-state index in [1.807, 2.05) is 17.0 Å². The van der Waals surface area contributed by atoms with E-state index in [1.165, 1.54) is 0 Å². The molecule has 3 heterocycles. The number of anilines is 2. The van der Waals surface area contributed by atoms with Crippen molar-refractivity contribution in [3.63, 3.8) is 0 Å². The van der Waals surface area contributed by atoms with Gasteiger partial charge in [0.2, 0.25) is 0 Å². The maximum Gasteiger partial charge on any atom is 0.260 e. The third-order valence-corrected chi connectivity index (χ3v) is 5.74. The minimum Gasteiger partial charge on any atom is -0.483 e. The number of halogens is 1. The monoisotopic (exact) mass is 421 g/mol. The Morgan fingerprint density at radius 2 is 2.08 bits per heavy atom. The Morgan fingerprint density at radius 1 is 1.35 bits per heavy atom. The minimum atomic E-state index is -0.120. The molecule has 2 N–H and O–H groups in total. The molecular weight excluding hydrogens is 398 g/mol. The van der Waals surface area contributed by atoms with E-state index in [0.29, 0.717) is 6.61 Å².